The average Bonchev–Trinajstić information content (AvgIpc) is 3.04. The Labute approximate surface area is 94.0 Å². The summed E-state index contributed by atoms with van der Waals surface area (Å²) < 4.78 is 5.60. The van der Waals surface area contributed by atoms with Crippen LogP contribution < -0.4 is 5.73 Å². The topological polar surface area (TPSA) is 38.5 Å². The summed E-state index contributed by atoms with van der Waals surface area (Å²) in [6.07, 6.45) is 3.95. The van der Waals surface area contributed by atoms with Crippen molar-refractivity contribution < 1.29 is 4.74 Å². The van der Waals surface area contributed by atoms with Crippen LogP contribution in [0.25, 0.3) is 0 Å². The summed E-state index contributed by atoms with van der Waals surface area (Å²) in [5.41, 5.74) is 5.58. The molecule has 1 rings (SSSR count). The quantitative estimate of drug-likeness (QED) is 0.589. The standard InChI is InChI=1S/C12H26N2O/c1-11(9-13)5-6-14(2)7-8-15-10-12-3-4-12/h11-12H,3-10,13H2,1-2H3. The van der Waals surface area contributed by atoms with Crippen LogP contribution in [0.2, 0.25) is 0 Å². The minimum absolute atomic E-state index is 0.639. The predicted octanol–water partition coefficient (Wildman–Crippen LogP) is 1.33. The molecule has 1 aliphatic rings. The van der Waals surface area contributed by atoms with Gasteiger partial charge in [-0.15, -0.1) is 0 Å². The van der Waals surface area contributed by atoms with Crippen LogP contribution in [0.1, 0.15) is 26.2 Å². The van der Waals surface area contributed by atoms with Gasteiger partial charge in [0.05, 0.1) is 6.61 Å². The van der Waals surface area contributed by atoms with Crippen molar-refractivity contribution in [2.75, 3.05) is 39.9 Å². The summed E-state index contributed by atoms with van der Waals surface area (Å²) in [6.45, 7) is 7.04. The molecule has 1 aliphatic carbocycles. The number of rotatable bonds is 9. The summed E-state index contributed by atoms with van der Waals surface area (Å²) in [5.74, 6) is 1.52. The van der Waals surface area contributed by atoms with Gasteiger partial charge in [0.15, 0.2) is 0 Å². The Morgan fingerprint density at radius 2 is 2.13 bits per heavy atom. The van der Waals surface area contributed by atoms with E-state index in [4.69, 9.17) is 10.5 Å². The molecule has 3 heteroatoms. The molecule has 0 saturated heterocycles. The summed E-state index contributed by atoms with van der Waals surface area (Å²) in [6, 6.07) is 0. The van der Waals surface area contributed by atoms with Crippen LogP contribution >= 0.6 is 0 Å². The molecule has 0 aromatic carbocycles. The van der Waals surface area contributed by atoms with Gasteiger partial charge in [0, 0.05) is 13.2 Å². The highest BCUT2D eigenvalue weighted by atomic mass is 16.5. The summed E-state index contributed by atoms with van der Waals surface area (Å²) in [5, 5.41) is 0. The normalized spacial score (nSPS) is 18.4. The molecule has 0 aromatic heterocycles. The zero-order valence-electron chi connectivity index (χ0n) is 10.2. The van der Waals surface area contributed by atoms with Crippen LogP contribution in [-0.2, 0) is 4.74 Å². The molecule has 90 valence electrons. The molecule has 15 heavy (non-hydrogen) atoms. The van der Waals surface area contributed by atoms with Crippen molar-refractivity contribution in [2.45, 2.75) is 26.2 Å². The van der Waals surface area contributed by atoms with Gasteiger partial charge in [0.1, 0.15) is 0 Å². The Balaban J connectivity index is 1.85. The fourth-order valence-electron chi connectivity index (χ4n) is 1.43. The smallest absolute Gasteiger partial charge is 0.0593 e. The Bertz CT molecular complexity index is 160. The SMILES string of the molecule is CC(CN)CCN(C)CCOCC1CC1. The van der Waals surface area contributed by atoms with Crippen molar-refractivity contribution in [3.8, 4) is 0 Å². The second-order valence-electron chi connectivity index (χ2n) is 4.95. The molecule has 2 N–H and O–H groups in total. The molecule has 0 spiro atoms. The number of nitrogens with two attached hydrogens (primary N) is 1. The van der Waals surface area contributed by atoms with Crippen LogP contribution in [-0.4, -0.2) is 44.8 Å². The fourth-order valence-corrected chi connectivity index (χ4v) is 1.43. The highest BCUT2D eigenvalue weighted by molar-refractivity contribution is 4.72. The van der Waals surface area contributed by atoms with Gasteiger partial charge in [-0.05, 0) is 51.2 Å². The van der Waals surface area contributed by atoms with Crippen molar-refractivity contribution in [1.29, 1.82) is 0 Å². The van der Waals surface area contributed by atoms with Crippen molar-refractivity contribution >= 4 is 0 Å². The molecule has 1 unspecified atom stereocenters. The van der Waals surface area contributed by atoms with Crippen molar-refractivity contribution in [3.05, 3.63) is 0 Å². The zero-order chi connectivity index (χ0) is 11.1. The van der Waals surface area contributed by atoms with Gasteiger partial charge in [-0.25, -0.2) is 0 Å². The van der Waals surface area contributed by atoms with E-state index in [1.807, 2.05) is 0 Å². The lowest BCUT2D eigenvalue weighted by Crippen LogP contribution is -2.27. The molecule has 0 aliphatic heterocycles. The first-order valence-corrected chi connectivity index (χ1v) is 6.18. The Kier molecular flexibility index (Phi) is 6.22. The monoisotopic (exact) mass is 214 g/mol. The minimum atomic E-state index is 0.639. The fraction of sp³-hybridized carbons (Fsp3) is 1.00. The van der Waals surface area contributed by atoms with Gasteiger partial charge in [0.2, 0.25) is 0 Å². The largest absolute Gasteiger partial charge is 0.380 e. The number of hydrogen-bond donors (Lipinski definition) is 1. The maximum absolute atomic E-state index is 5.60. The van der Waals surface area contributed by atoms with E-state index in [1.54, 1.807) is 0 Å². The second-order valence-corrected chi connectivity index (χ2v) is 4.95. The number of ether oxygens (including phenoxy) is 1. The minimum Gasteiger partial charge on any atom is -0.380 e. The average molecular weight is 214 g/mol. The van der Waals surface area contributed by atoms with E-state index in [-0.39, 0.29) is 0 Å². The van der Waals surface area contributed by atoms with Crippen LogP contribution in [0.4, 0.5) is 0 Å². The van der Waals surface area contributed by atoms with Gasteiger partial charge in [0.25, 0.3) is 0 Å². The van der Waals surface area contributed by atoms with Crippen molar-refractivity contribution in [3.63, 3.8) is 0 Å². The van der Waals surface area contributed by atoms with Crippen LogP contribution in [0, 0.1) is 11.8 Å². The number of nitrogens with zero attached hydrogens (tertiary/aromatic N) is 1. The predicted molar refractivity (Wildman–Crippen MR) is 63.9 cm³/mol. The Hall–Kier alpha value is -0.120. The van der Waals surface area contributed by atoms with E-state index in [9.17, 15) is 0 Å². The lowest BCUT2D eigenvalue weighted by Gasteiger charge is -2.18. The summed E-state index contributed by atoms with van der Waals surface area (Å²) >= 11 is 0. The molecule has 0 bridgehead atoms. The first-order chi connectivity index (χ1) is 7.22. The maximum atomic E-state index is 5.60. The second kappa shape index (κ2) is 7.20. The van der Waals surface area contributed by atoms with Gasteiger partial charge in [-0.3, -0.25) is 0 Å². The summed E-state index contributed by atoms with van der Waals surface area (Å²) in [4.78, 5) is 2.33. The van der Waals surface area contributed by atoms with Gasteiger partial charge in [-0.1, -0.05) is 6.92 Å². The van der Waals surface area contributed by atoms with E-state index >= 15 is 0 Å². The van der Waals surface area contributed by atoms with Crippen molar-refractivity contribution in [1.82, 2.24) is 4.90 Å². The maximum Gasteiger partial charge on any atom is 0.0593 e. The van der Waals surface area contributed by atoms with Crippen LogP contribution in [0.15, 0.2) is 0 Å². The lowest BCUT2D eigenvalue weighted by atomic mass is 10.1. The molecular weight excluding hydrogens is 188 g/mol. The molecule has 1 atom stereocenters. The molecule has 1 fully saturated rings. The Morgan fingerprint density at radius 1 is 1.40 bits per heavy atom. The van der Waals surface area contributed by atoms with Crippen molar-refractivity contribution in [2.24, 2.45) is 17.6 Å². The van der Waals surface area contributed by atoms with E-state index in [1.165, 1.54) is 19.3 Å². The first-order valence-electron chi connectivity index (χ1n) is 6.18. The third-order valence-electron chi connectivity index (χ3n) is 3.07. The molecule has 0 radical (unpaired) electrons. The third-order valence-corrected chi connectivity index (χ3v) is 3.07. The van der Waals surface area contributed by atoms with Gasteiger partial charge in [-0.2, -0.15) is 0 Å². The number of hydrogen-bond acceptors (Lipinski definition) is 3. The summed E-state index contributed by atoms with van der Waals surface area (Å²) in [7, 11) is 2.16. The van der Waals surface area contributed by atoms with E-state index < -0.39 is 0 Å². The van der Waals surface area contributed by atoms with E-state index in [0.29, 0.717) is 5.92 Å². The van der Waals surface area contributed by atoms with E-state index in [0.717, 1.165) is 38.8 Å². The third kappa shape index (κ3) is 6.88. The molecular formula is C12H26N2O. The number of likely N-dealkylation sites (N-methyl/N-ethyl adjacent to an activating group) is 1. The van der Waals surface area contributed by atoms with E-state index in [2.05, 4.69) is 18.9 Å². The molecule has 0 amide bonds. The first kappa shape index (κ1) is 12.9. The van der Waals surface area contributed by atoms with Gasteiger partial charge >= 0.3 is 0 Å². The highest BCUT2D eigenvalue weighted by Gasteiger charge is 2.20. The molecule has 0 heterocycles. The molecule has 1 saturated carbocycles. The lowest BCUT2D eigenvalue weighted by molar-refractivity contribution is 0.102. The van der Waals surface area contributed by atoms with Crippen LogP contribution in [0.3, 0.4) is 0 Å². The zero-order valence-corrected chi connectivity index (χ0v) is 10.2. The highest BCUT2D eigenvalue weighted by Crippen LogP contribution is 2.28. The Morgan fingerprint density at radius 3 is 2.73 bits per heavy atom. The van der Waals surface area contributed by atoms with Gasteiger partial charge < -0.3 is 15.4 Å². The molecule has 3 nitrogen and oxygen atoms in total. The van der Waals surface area contributed by atoms with Crippen LogP contribution in [0.5, 0.6) is 0 Å². The molecule has 0 aromatic rings.